The molecular weight excluding hydrogens is 208 g/mol. The molecule has 0 saturated carbocycles. The predicted molar refractivity (Wildman–Crippen MR) is 60.6 cm³/mol. The van der Waals surface area contributed by atoms with Crippen LogP contribution in [0.25, 0.3) is 0 Å². The van der Waals surface area contributed by atoms with Crippen LogP contribution in [0.1, 0.15) is 29.5 Å². The third-order valence-corrected chi connectivity index (χ3v) is 3.27. The van der Waals surface area contributed by atoms with Gasteiger partial charge >= 0.3 is 0 Å². The largest absolute Gasteiger partial charge is 0.314 e. The molecule has 0 amide bonds. The standard InChI is InChI=1S/C13H17F2N/c1-8-6-9(2)13(15)11(12(8)14)7-10-4-3-5-16-10/h6,10,16H,3-5,7H2,1-2H3. The van der Waals surface area contributed by atoms with Crippen LogP contribution in [0.3, 0.4) is 0 Å². The first-order valence-electron chi connectivity index (χ1n) is 5.77. The lowest BCUT2D eigenvalue weighted by Crippen LogP contribution is -2.25. The molecule has 1 aromatic rings. The fourth-order valence-electron chi connectivity index (χ4n) is 2.38. The van der Waals surface area contributed by atoms with Crippen molar-refractivity contribution in [1.82, 2.24) is 5.32 Å². The van der Waals surface area contributed by atoms with E-state index in [1.165, 1.54) is 0 Å². The Bertz CT molecular complexity index is 369. The zero-order chi connectivity index (χ0) is 11.7. The topological polar surface area (TPSA) is 12.0 Å². The maximum absolute atomic E-state index is 13.8. The summed E-state index contributed by atoms with van der Waals surface area (Å²) < 4.78 is 27.7. The van der Waals surface area contributed by atoms with E-state index >= 15 is 0 Å². The number of halogens is 2. The Morgan fingerprint density at radius 2 is 1.88 bits per heavy atom. The van der Waals surface area contributed by atoms with Crippen molar-refractivity contribution < 1.29 is 8.78 Å². The van der Waals surface area contributed by atoms with E-state index in [0.29, 0.717) is 17.5 Å². The van der Waals surface area contributed by atoms with Crippen LogP contribution < -0.4 is 5.32 Å². The first kappa shape index (κ1) is 11.5. The van der Waals surface area contributed by atoms with Crippen molar-refractivity contribution >= 4 is 0 Å². The third kappa shape index (κ3) is 2.09. The molecule has 1 atom stereocenters. The van der Waals surface area contributed by atoms with Gasteiger partial charge in [-0.05, 0) is 50.8 Å². The molecule has 0 bridgehead atoms. The minimum atomic E-state index is -0.378. The van der Waals surface area contributed by atoms with Gasteiger partial charge in [0, 0.05) is 11.6 Å². The molecular formula is C13H17F2N. The summed E-state index contributed by atoms with van der Waals surface area (Å²) in [5.74, 6) is -0.756. The molecule has 2 rings (SSSR count). The van der Waals surface area contributed by atoms with Crippen LogP contribution >= 0.6 is 0 Å². The maximum Gasteiger partial charge on any atom is 0.132 e. The van der Waals surface area contributed by atoms with Gasteiger partial charge in [-0.2, -0.15) is 0 Å². The second-order valence-electron chi connectivity index (χ2n) is 4.61. The highest BCUT2D eigenvalue weighted by Gasteiger charge is 2.21. The van der Waals surface area contributed by atoms with Gasteiger partial charge in [0.15, 0.2) is 0 Å². The first-order valence-corrected chi connectivity index (χ1v) is 5.77. The number of hydrogen-bond acceptors (Lipinski definition) is 1. The van der Waals surface area contributed by atoms with Gasteiger partial charge in [-0.15, -0.1) is 0 Å². The minimum absolute atomic E-state index is 0.227. The molecule has 3 heteroatoms. The van der Waals surface area contributed by atoms with Crippen LogP contribution in [0.15, 0.2) is 6.07 Å². The lowest BCUT2D eigenvalue weighted by molar-refractivity contribution is 0.512. The van der Waals surface area contributed by atoms with Crippen LogP contribution in [0.4, 0.5) is 8.78 Å². The molecule has 0 spiro atoms. The SMILES string of the molecule is Cc1cc(C)c(F)c(CC2CCCN2)c1F. The van der Waals surface area contributed by atoms with Crippen molar-refractivity contribution in [1.29, 1.82) is 0 Å². The quantitative estimate of drug-likeness (QED) is 0.816. The van der Waals surface area contributed by atoms with E-state index in [4.69, 9.17) is 0 Å². The van der Waals surface area contributed by atoms with E-state index in [9.17, 15) is 8.78 Å². The van der Waals surface area contributed by atoms with E-state index in [0.717, 1.165) is 19.4 Å². The Hall–Kier alpha value is -0.960. The highest BCUT2D eigenvalue weighted by Crippen LogP contribution is 2.23. The summed E-state index contributed by atoms with van der Waals surface area (Å²) in [7, 11) is 0. The van der Waals surface area contributed by atoms with Crippen molar-refractivity contribution in [3.8, 4) is 0 Å². The first-order chi connectivity index (χ1) is 7.59. The molecule has 1 aliphatic rings. The summed E-state index contributed by atoms with van der Waals surface area (Å²) >= 11 is 0. The zero-order valence-corrected chi connectivity index (χ0v) is 9.74. The van der Waals surface area contributed by atoms with Crippen molar-refractivity contribution in [2.45, 2.75) is 39.2 Å². The maximum atomic E-state index is 13.8. The summed E-state index contributed by atoms with van der Waals surface area (Å²) in [5.41, 5.74) is 1.32. The molecule has 1 fully saturated rings. The van der Waals surface area contributed by atoms with Crippen molar-refractivity contribution in [3.63, 3.8) is 0 Å². The molecule has 0 aromatic heterocycles. The second-order valence-corrected chi connectivity index (χ2v) is 4.61. The molecule has 1 aliphatic heterocycles. The minimum Gasteiger partial charge on any atom is -0.314 e. The van der Waals surface area contributed by atoms with Crippen LogP contribution in [-0.4, -0.2) is 12.6 Å². The molecule has 1 saturated heterocycles. The molecule has 0 radical (unpaired) electrons. The Labute approximate surface area is 94.9 Å². The molecule has 16 heavy (non-hydrogen) atoms. The highest BCUT2D eigenvalue weighted by atomic mass is 19.1. The molecule has 1 N–H and O–H groups in total. The molecule has 1 unspecified atom stereocenters. The Balaban J connectivity index is 2.31. The van der Waals surface area contributed by atoms with Crippen LogP contribution in [0.2, 0.25) is 0 Å². The van der Waals surface area contributed by atoms with Gasteiger partial charge in [0.2, 0.25) is 0 Å². The fraction of sp³-hybridized carbons (Fsp3) is 0.538. The molecule has 88 valence electrons. The van der Waals surface area contributed by atoms with Gasteiger partial charge < -0.3 is 5.32 Å². The molecule has 0 aliphatic carbocycles. The molecule has 1 heterocycles. The van der Waals surface area contributed by atoms with Crippen molar-refractivity contribution in [2.24, 2.45) is 0 Å². The number of aryl methyl sites for hydroxylation is 2. The van der Waals surface area contributed by atoms with Gasteiger partial charge in [0.25, 0.3) is 0 Å². The van der Waals surface area contributed by atoms with E-state index < -0.39 is 0 Å². The van der Waals surface area contributed by atoms with Gasteiger partial charge in [0.05, 0.1) is 0 Å². The zero-order valence-electron chi connectivity index (χ0n) is 9.74. The molecule has 1 aromatic carbocycles. The van der Waals surface area contributed by atoms with E-state index in [1.54, 1.807) is 19.9 Å². The predicted octanol–water partition coefficient (Wildman–Crippen LogP) is 2.88. The Morgan fingerprint density at radius 3 is 2.38 bits per heavy atom. The second kappa shape index (κ2) is 4.50. The van der Waals surface area contributed by atoms with E-state index in [2.05, 4.69) is 5.32 Å². The van der Waals surface area contributed by atoms with Crippen LogP contribution in [-0.2, 0) is 6.42 Å². The van der Waals surface area contributed by atoms with Gasteiger partial charge in [-0.25, -0.2) is 8.78 Å². The van der Waals surface area contributed by atoms with E-state index in [1.807, 2.05) is 0 Å². The highest BCUT2D eigenvalue weighted by molar-refractivity contribution is 5.33. The average molecular weight is 225 g/mol. The average Bonchev–Trinajstić information content (AvgIpc) is 2.74. The summed E-state index contributed by atoms with van der Waals surface area (Å²) in [5, 5.41) is 3.27. The summed E-state index contributed by atoms with van der Waals surface area (Å²) in [4.78, 5) is 0. The Morgan fingerprint density at radius 1 is 1.25 bits per heavy atom. The lowest BCUT2D eigenvalue weighted by atomic mass is 9.98. The summed E-state index contributed by atoms with van der Waals surface area (Å²) in [6.45, 7) is 4.33. The van der Waals surface area contributed by atoms with Gasteiger partial charge in [-0.3, -0.25) is 0 Å². The Kier molecular flexibility index (Phi) is 3.24. The summed E-state index contributed by atoms with van der Waals surface area (Å²) in [6.07, 6.45) is 2.56. The number of rotatable bonds is 2. The van der Waals surface area contributed by atoms with Gasteiger partial charge in [-0.1, -0.05) is 6.07 Å². The van der Waals surface area contributed by atoms with Crippen molar-refractivity contribution in [3.05, 3.63) is 34.4 Å². The molecule has 1 nitrogen and oxygen atoms in total. The van der Waals surface area contributed by atoms with Crippen LogP contribution in [0.5, 0.6) is 0 Å². The lowest BCUT2D eigenvalue weighted by Gasteiger charge is -2.14. The van der Waals surface area contributed by atoms with E-state index in [-0.39, 0.29) is 23.2 Å². The fourth-order valence-corrected chi connectivity index (χ4v) is 2.38. The third-order valence-electron chi connectivity index (χ3n) is 3.27. The number of hydrogen-bond donors (Lipinski definition) is 1. The normalized spacial score (nSPS) is 20.4. The number of nitrogens with one attached hydrogen (secondary N) is 1. The monoisotopic (exact) mass is 225 g/mol. The smallest absolute Gasteiger partial charge is 0.132 e. The summed E-state index contributed by atoms with van der Waals surface area (Å²) in [6, 6.07) is 1.79. The van der Waals surface area contributed by atoms with Crippen LogP contribution in [0, 0.1) is 25.5 Å². The van der Waals surface area contributed by atoms with Gasteiger partial charge in [0.1, 0.15) is 11.6 Å². The van der Waals surface area contributed by atoms with Crippen molar-refractivity contribution in [2.75, 3.05) is 6.54 Å². The number of benzene rings is 1.